The molecule has 2 aromatic carbocycles. The van der Waals surface area contributed by atoms with Crippen LogP contribution in [0, 0.1) is 0 Å². The van der Waals surface area contributed by atoms with Gasteiger partial charge in [-0.1, -0.05) is 24.8 Å². The zero-order valence-corrected chi connectivity index (χ0v) is 20.5. The van der Waals surface area contributed by atoms with E-state index in [1.165, 1.54) is 0 Å². The van der Waals surface area contributed by atoms with E-state index in [2.05, 4.69) is 11.5 Å². The lowest BCUT2D eigenvalue weighted by Crippen LogP contribution is -2.38. The van der Waals surface area contributed by atoms with Crippen molar-refractivity contribution in [1.29, 1.82) is 0 Å². The molecule has 0 radical (unpaired) electrons. The zero-order valence-electron chi connectivity index (χ0n) is 20.5. The van der Waals surface area contributed by atoms with Crippen LogP contribution < -0.4 is 9.47 Å². The standard InChI is InChI=1S/C28H32N2O6/c1-3-16-36-23-7-4-6-21(19-23)25-24(26(31)20-8-10-22(34-2)11-9-20)27(32)28(33)30(25)13-5-12-29-14-17-35-18-15-29/h3-4,6-11,19,25,31H,1,5,12-18H2,2H3. The molecule has 2 heterocycles. The third-order valence-corrected chi connectivity index (χ3v) is 6.42. The maximum atomic E-state index is 13.3. The first-order valence-corrected chi connectivity index (χ1v) is 12.1. The number of ether oxygens (including phenoxy) is 3. The molecule has 1 unspecified atom stereocenters. The SMILES string of the molecule is C=CCOc1cccc(C2C(=C(O)c3ccc(OC)cc3)C(=O)C(=O)N2CCCN2CCOCC2)c1. The predicted molar refractivity (Wildman–Crippen MR) is 136 cm³/mol. The number of carbonyl (C=O) groups excluding carboxylic acids is 2. The molecule has 2 fully saturated rings. The van der Waals surface area contributed by atoms with Gasteiger partial charge in [-0.2, -0.15) is 0 Å². The molecule has 0 bridgehead atoms. The monoisotopic (exact) mass is 492 g/mol. The number of Topliss-reactive ketones (excluding diaryl/α,β-unsaturated/α-hetero) is 1. The number of aliphatic hydroxyl groups is 1. The number of carbonyl (C=O) groups is 2. The summed E-state index contributed by atoms with van der Waals surface area (Å²) in [6, 6.07) is 13.3. The average Bonchev–Trinajstić information content (AvgIpc) is 3.17. The zero-order chi connectivity index (χ0) is 25.5. The third-order valence-electron chi connectivity index (χ3n) is 6.42. The molecule has 8 heteroatoms. The van der Waals surface area contributed by atoms with Crippen LogP contribution in [0.1, 0.15) is 23.6 Å². The second-order valence-corrected chi connectivity index (χ2v) is 8.70. The molecule has 0 aliphatic carbocycles. The van der Waals surface area contributed by atoms with Gasteiger partial charge in [-0.25, -0.2) is 0 Å². The maximum Gasteiger partial charge on any atom is 0.295 e. The Labute approximate surface area is 211 Å². The molecule has 36 heavy (non-hydrogen) atoms. The number of nitrogens with zero attached hydrogens (tertiary/aromatic N) is 2. The number of likely N-dealkylation sites (tertiary alicyclic amines) is 1. The lowest BCUT2D eigenvalue weighted by Gasteiger charge is -2.29. The highest BCUT2D eigenvalue weighted by molar-refractivity contribution is 6.46. The molecular formula is C28H32N2O6. The van der Waals surface area contributed by atoms with Gasteiger partial charge in [-0.3, -0.25) is 14.5 Å². The molecule has 0 saturated carbocycles. The van der Waals surface area contributed by atoms with E-state index < -0.39 is 17.7 Å². The molecule has 0 spiro atoms. The van der Waals surface area contributed by atoms with Crippen LogP contribution in [0.2, 0.25) is 0 Å². The Morgan fingerprint density at radius 1 is 1.11 bits per heavy atom. The van der Waals surface area contributed by atoms with Gasteiger partial charge in [0.05, 0.1) is 31.9 Å². The number of aliphatic hydroxyl groups excluding tert-OH is 1. The topological polar surface area (TPSA) is 88.5 Å². The Hall–Kier alpha value is -3.62. The quantitative estimate of drug-likeness (QED) is 0.235. The minimum atomic E-state index is -0.732. The summed E-state index contributed by atoms with van der Waals surface area (Å²) in [6.45, 7) is 8.27. The lowest BCUT2D eigenvalue weighted by molar-refractivity contribution is -0.140. The van der Waals surface area contributed by atoms with Gasteiger partial charge in [-0.05, 0) is 48.4 Å². The van der Waals surface area contributed by atoms with Gasteiger partial charge in [0.2, 0.25) is 0 Å². The van der Waals surface area contributed by atoms with Gasteiger partial charge >= 0.3 is 0 Å². The van der Waals surface area contributed by atoms with Crippen molar-refractivity contribution in [3.63, 3.8) is 0 Å². The highest BCUT2D eigenvalue weighted by Crippen LogP contribution is 2.40. The number of ketones is 1. The van der Waals surface area contributed by atoms with Gasteiger partial charge in [0, 0.05) is 31.7 Å². The van der Waals surface area contributed by atoms with E-state index in [1.807, 2.05) is 12.1 Å². The Morgan fingerprint density at radius 2 is 1.86 bits per heavy atom. The van der Waals surface area contributed by atoms with Crippen LogP contribution in [-0.2, 0) is 14.3 Å². The molecule has 0 aromatic heterocycles. The fourth-order valence-electron chi connectivity index (χ4n) is 4.58. The number of hydrogen-bond acceptors (Lipinski definition) is 7. The molecule has 1 atom stereocenters. The summed E-state index contributed by atoms with van der Waals surface area (Å²) in [4.78, 5) is 30.3. The number of methoxy groups -OCH3 is 1. The largest absolute Gasteiger partial charge is 0.507 e. The van der Waals surface area contributed by atoms with Gasteiger partial charge in [0.1, 0.15) is 23.9 Å². The van der Waals surface area contributed by atoms with E-state index in [4.69, 9.17) is 14.2 Å². The van der Waals surface area contributed by atoms with Crippen LogP contribution in [0.4, 0.5) is 0 Å². The fraction of sp³-hybridized carbons (Fsp3) is 0.357. The smallest absolute Gasteiger partial charge is 0.295 e. The number of morpholine rings is 1. The molecule has 1 N–H and O–H groups in total. The lowest BCUT2D eigenvalue weighted by atomic mass is 9.95. The molecule has 4 rings (SSSR count). The van der Waals surface area contributed by atoms with Gasteiger partial charge in [-0.15, -0.1) is 0 Å². The van der Waals surface area contributed by atoms with Crippen LogP contribution in [0.5, 0.6) is 11.5 Å². The molecule has 2 saturated heterocycles. The fourth-order valence-corrected chi connectivity index (χ4v) is 4.58. The summed E-state index contributed by atoms with van der Waals surface area (Å²) in [7, 11) is 1.55. The molecule has 190 valence electrons. The van der Waals surface area contributed by atoms with E-state index >= 15 is 0 Å². The van der Waals surface area contributed by atoms with E-state index in [0.29, 0.717) is 55.4 Å². The van der Waals surface area contributed by atoms with Crippen molar-refractivity contribution in [2.24, 2.45) is 0 Å². The van der Waals surface area contributed by atoms with Crippen LogP contribution in [0.15, 0.2) is 66.8 Å². The van der Waals surface area contributed by atoms with Crippen molar-refractivity contribution in [3.8, 4) is 11.5 Å². The van der Waals surface area contributed by atoms with E-state index in [-0.39, 0.29) is 11.3 Å². The second-order valence-electron chi connectivity index (χ2n) is 8.70. The van der Waals surface area contributed by atoms with Crippen molar-refractivity contribution < 1.29 is 28.9 Å². The third kappa shape index (κ3) is 5.61. The van der Waals surface area contributed by atoms with E-state index in [0.717, 1.165) is 19.6 Å². The Kier molecular flexibility index (Phi) is 8.40. The highest BCUT2D eigenvalue weighted by Gasteiger charge is 2.46. The Balaban J connectivity index is 1.68. The molecule has 2 aromatic rings. The number of amides is 1. The molecular weight excluding hydrogens is 460 g/mol. The van der Waals surface area contributed by atoms with Gasteiger partial charge in [0.15, 0.2) is 0 Å². The summed E-state index contributed by atoms with van der Waals surface area (Å²) >= 11 is 0. The minimum Gasteiger partial charge on any atom is -0.507 e. The van der Waals surface area contributed by atoms with E-state index in [9.17, 15) is 14.7 Å². The van der Waals surface area contributed by atoms with Crippen LogP contribution in [0.25, 0.3) is 5.76 Å². The molecule has 2 aliphatic rings. The van der Waals surface area contributed by atoms with Crippen LogP contribution >= 0.6 is 0 Å². The Morgan fingerprint density at radius 3 is 2.56 bits per heavy atom. The van der Waals surface area contributed by atoms with Crippen LogP contribution in [-0.4, -0.2) is 79.7 Å². The van der Waals surface area contributed by atoms with Crippen molar-refractivity contribution in [3.05, 3.63) is 77.9 Å². The summed E-state index contributed by atoms with van der Waals surface area (Å²) in [5.74, 6) is -0.310. The van der Waals surface area contributed by atoms with Crippen molar-refractivity contribution >= 4 is 17.4 Å². The van der Waals surface area contributed by atoms with Crippen molar-refractivity contribution in [2.45, 2.75) is 12.5 Å². The summed E-state index contributed by atoms with van der Waals surface area (Å²) < 4.78 is 16.3. The van der Waals surface area contributed by atoms with Gasteiger partial charge in [0.25, 0.3) is 11.7 Å². The number of benzene rings is 2. The first-order chi connectivity index (χ1) is 17.5. The second kappa shape index (κ2) is 11.9. The first kappa shape index (κ1) is 25.5. The van der Waals surface area contributed by atoms with Crippen molar-refractivity contribution in [1.82, 2.24) is 9.80 Å². The normalized spacial score (nSPS) is 19.9. The number of rotatable bonds is 10. The predicted octanol–water partition coefficient (Wildman–Crippen LogP) is 3.40. The average molecular weight is 493 g/mol. The summed E-state index contributed by atoms with van der Waals surface area (Å²) in [5.41, 5.74) is 1.20. The maximum absolute atomic E-state index is 13.3. The van der Waals surface area contributed by atoms with E-state index in [1.54, 1.807) is 54.5 Å². The van der Waals surface area contributed by atoms with Gasteiger partial charge < -0.3 is 24.2 Å². The first-order valence-electron chi connectivity index (χ1n) is 12.1. The number of hydrogen-bond donors (Lipinski definition) is 1. The van der Waals surface area contributed by atoms with Crippen molar-refractivity contribution in [2.75, 3.05) is 53.1 Å². The minimum absolute atomic E-state index is 0.0670. The van der Waals surface area contributed by atoms with Crippen LogP contribution in [0.3, 0.4) is 0 Å². The summed E-state index contributed by atoms with van der Waals surface area (Å²) in [5, 5.41) is 11.2. The molecule has 1 amide bonds. The highest BCUT2D eigenvalue weighted by atomic mass is 16.5. The summed E-state index contributed by atoms with van der Waals surface area (Å²) in [6.07, 6.45) is 2.34. The molecule has 2 aliphatic heterocycles. The molecule has 8 nitrogen and oxygen atoms in total. The Bertz CT molecular complexity index is 1120.